The maximum absolute atomic E-state index is 12.7. The van der Waals surface area contributed by atoms with Gasteiger partial charge in [0.2, 0.25) is 0 Å². The molecule has 0 saturated carbocycles. The molecule has 20 heavy (non-hydrogen) atoms. The van der Waals surface area contributed by atoms with E-state index in [0.717, 1.165) is 29.8 Å². The highest BCUT2D eigenvalue weighted by Gasteiger charge is 2.28. The van der Waals surface area contributed by atoms with Crippen molar-refractivity contribution in [1.82, 2.24) is 14.7 Å². The highest BCUT2D eigenvalue weighted by atomic mass is 32.1. The number of hydrogen-bond donors (Lipinski definition) is 0. The van der Waals surface area contributed by atoms with Crippen molar-refractivity contribution in [3.05, 3.63) is 40.3 Å². The molecular formula is C15H19N3OS. The smallest absolute Gasteiger partial charge is 0.264 e. The molecule has 0 unspecified atom stereocenters. The minimum atomic E-state index is 0.163. The average Bonchev–Trinajstić information content (AvgIpc) is 3.05. The van der Waals surface area contributed by atoms with E-state index in [0.29, 0.717) is 0 Å². The number of nitrogens with zero attached hydrogens (tertiary/aromatic N) is 3. The zero-order valence-corrected chi connectivity index (χ0v) is 12.5. The number of amides is 1. The average molecular weight is 289 g/mol. The maximum atomic E-state index is 12.7. The summed E-state index contributed by atoms with van der Waals surface area (Å²) < 4.78 is 1.81. The third-order valence-electron chi connectivity index (χ3n) is 3.86. The largest absolute Gasteiger partial charge is 0.331 e. The van der Waals surface area contributed by atoms with Gasteiger partial charge < -0.3 is 4.90 Å². The van der Waals surface area contributed by atoms with E-state index in [9.17, 15) is 4.79 Å². The SMILES string of the molecule is Cn1cc([C@@H]2CCCCCN2C(=O)c2cccs2)cn1. The molecule has 106 valence electrons. The second-order valence-corrected chi connectivity index (χ2v) is 6.24. The Bertz CT molecular complexity index is 576. The molecule has 0 bridgehead atoms. The number of thiophene rings is 1. The van der Waals surface area contributed by atoms with E-state index in [-0.39, 0.29) is 11.9 Å². The molecule has 2 aromatic rings. The molecular weight excluding hydrogens is 270 g/mol. The van der Waals surface area contributed by atoms with Gasteiger partial charge in [0.1, 0.15) is 0 Å². The van der Waals surface area contributed by atoms with Gasteiger partial charge in [0.05, 0.1) is 17.1 Å². The minimum absolute atomic E-state index is 0.163. The molecule has 3 heterocycles. The number of aromatic nitrogens is 2. The summed E-state index contributed by atoms with van der Waals surface area (Å²) in [4.78, 5) is 15.6. The Morgan fingerprint density at radius 2 is 2.30 bits per heavy atom. The van der Waals surface area contributed by atoms with Crippen molar-refractivity contribution in [1.29, 1.82) is 0 Å². The molecule has 0 spiro atoms. The summed E-state index contributed by atoms with van der Waals surface area (Å²) in [6.07, 6.45) is 8.42. The van der Waals surface area contributed by atoms with E-state index in [2.05, 4.69) is 5.10 Å². The Kier molecular flexibility index (Phi) is 3.87. The lowest BCUT2D eigenvalue weighted by atomic mass is 10.0. The Balaban J connectivity index is 1.89. The van der Waals surface area contributed by atoms with Crippen LogP contribution in [-0.2, 0) is 7.05 Å². The summed E-state index contributed by atoms with van der Waals surface area (Å²) in [5, 5.41) is 6.22. The summed E-state index contributed by atoms with van der Waals surface area (Å²) in [6, 6.07) is 4.02. The van der Waals surface area contributed by atoms with Crippen molar-refractivity contribution in [3.63, 3.8) is 0 Å². The van der Waals surface area contributed by atoms with Crippen LogP contribution in [0.5, 0.6) is 0 Å². The van der Waals surface area contributed by atoms with Crippen molar-refractivity contribution in [2.24, 2.45) is 7.05 Å². The van der Waals surface area contributed by atoms with E-state index >= 15 is 0 Å². The van der Waals surface area contributed by atoms with E-state index in [1.54, 1.807) is 0 Å². The molecule has 1 amide bonds. The van der Waals surface area contributed by atoms with Crippen LogP contribution in [-0.4, -0.2) is 27.1 Å². The van der Waals surface area contributed by atoms with Crippen LogP contribution in [0.25, 0.3) is 0 Å². The lowest BCUT2D eigenvalue weighted by molar-refractivity contribution is 0.0686. The third-order valence-corrected chi connectivity index (χ3v) is 4.71. The minimum Gasteiger partial charge on any atom is -0.331 e. The number of likely N-dealkylation sites (tertiary alicyclic amines) is 1. The van der Waals surface area contributed by atoms with Crippen LogP contribution in [0.3, 0.4) is 0 Å². The molecule has 0 N–H and O–H groups in total. The van der Waals surface area contributed by atoms with E-state index in [4.69, 9.17) is 0 Å². The molecule has 1 atom stereocenters. The summed E-state index contributed by atoms with van der Waals surface area (Å²) in [7, 11) is 1.92. The Labute approximate surface area is 123 Å². The van der Waals surface area contributed by atoms with Crippen LogP contribution in [0, 0.1) is 0 Å². The molecule has 2 aromatic heterocycles. The third kappa shape index (κ3) is 2.63. The van der Waals surface area contributed by atoms with Gasteiger partial charge in [0, 0.05) is 25.4 Å². The van der Waals surface area contributed by atoms with Gasteiger partial charge >= 0.3 is 0 Å². The van der Waals surface area contributed by atoms with E-state index < -0.39 is 0 Å². The Morgan fingerprint density at radius 1 is 1.40 bits per heavy atom. The van der Waals surface area contributed by atoms with E-state index in [1.807, 2.05) is 46.5 Å². The van der Waals surface area contributed by atoms with Crippen LogP contribution < -0.4 is 0 Å². The lowest BCUT2D eigenvalue weighted by Crippen LogP contribution is -2.34. The van der Waals surface area contributed by atoms with Crippen LogP contribution in [0.1, 0.15) is 47.0 Å². The van der Waals surface area contributed by atoms with Crippen LogP contribution >= 0.6 is 11.3 Å². The zero-order valence-electron chi connectivity index (χ0n) is 11.7. The molecule has 3 rings (SSSR count). The summed E-state index contributed by atoms with van der Waals surface area (Å²) >= 11 is 1.52. The van der Waals surface area contributed by atoms with Gasteiger partial charge in [0.15, 0.2) is 0 Å². The van der Waals surface area contributed by atoms with Crippen molar-refractivity contribution >= 4 is 17.2 Å². The first-order valence-corrected chi connectivity index (χ1v) is 7.96. The van der Waals surface area contributed by atoms with Gasteiger partial charge in [0.25, 0.3) is 5.91 Å². The van der Waals surface area contributed by atoms with Crippen LogP contribution in [0.4, 0.5) is 0 Å². The first-order valence-electron chi connectivity index (χ1n) is 7.09. The first kappa shape index (κ1) is 13.4. The maximum Gasteiger partial charge on any atom is 0.264 e. The topological polar surface area (TPSA) is 38.1 Å². The fourth-order valence-electron chi connectivity index (χ4n) is 2.85. The molecule has 0 radical (unpaired) electrons. The van der Waals surface area contributed by atoms with Crippen LogP contribution in [0.2, 0.25) is 0 Å². The molecule has 1 aliphatic heterocycles. The van der Waals surface area contributed by atoms with E-state index in [1.165, 1.54) is 24.2 Å². The zero-order chi connectivity index (χ0) is 13.9. The van der Waals surface area contributed by atoms with Gasteiger partial charge in [-0.3, -0.25) is 9.48 Å². The molecule has 1 fully saturated rings. The standard InChI is InChI=1S/C15H19N3OS/c1-17-11-12(10-16-17)13-6-3-2-4-8-18(13)15(19)14-7-5-9-20-14/h5,7,9-11,13H,2-4,6,8H2,1H3/t13-/m0/s1. The van der Waals surface area contributed by atoms with Gasteiger partial charge in [-0.2, -0.15) is 5.10 Å². The quantitative estimate of drug-likeness (QED) is 0.851. The highest BCUT2D eigenvalue weighted by molar-refractivity contribution is 7.12. The number of carbonyl (C=O) groups excluding carboxylic acids is 1. The Hall–Kier alpha value is -1.62. The summed E-state index contributed by atoms with van der Waals surface area (Å²) in [6.45, 7) is 0.844. The fraction of sp³-hybridized carbons (Fsp3) is 0.467. The number of carbonyl (C=O) groups is 1. The number of aryl methyl sites for hydroxylation is 1. The second-order valence-electron chi connectivity index (χ2n) is 5.29. The van der Waals surface area contributed by atoms with Crippen molar-refractivity contribution < 1.29 is 4.79 Å². The first-order chi connectivity index (χ1) is 9.75. The van der Waals surface area contributed by atoms with Crippen LogP contribution in [0.15, 0.2) is 29.9 Å². The molecule has 0 aromatic carbocycles. The summed E-state index contributed by atoms with van der Waals surface area (Å²) in [5.74, 6) is 0.163. The highest BCUT2D eigenvalue weighted by Crippen LogP contribution is 2.31. The monoisotopic (exact) mass is 289 g/mol. The molecule has 4 nitrogen and oxygen atoms in total. The normalized spacial score (nSPS) is 19.9. The lowest BCUT2D eigenvalue weighted by Gasteiger charge is -2.29. The van der Waals surface area contributed by atoms with Gasteiger partial charge in [-0.25, -0.2) is 0 Å². The molecule has 0 aliphatic carbocycles. The summed E-state index contributed by atoms with van der Waals surface area (Å²) in [5.41, 5.74) is 1.15. The molecule has 1 aliphatic rings. The van der Waals surface area contributed by atoms with Crippen molar-refractivity contribution in [2.75, 3.05) is 6.54 Å². The van der Waals surface area contributed by atoms with Gasteiger partial charge in [-0.05, 0) is 24.3 Å². The predicted molar refractivity (Wildman–Crippen MR) is 79.8 cm³/mol. The van der Waals surface area contributed by atoms with Crippen molar-refractivity contribution in [2.45, 2.75) is 31.7 Å². The number of rotatable bonds is 2. The number of hydrogen-bond acceptors (Lipinski definition) is 3. The van der Waals surface area contributed by atoms with Crippen molar-refractivity contribution in [3.8, 4) is 0 Å². The molecule has 1 saturated heterocycles. The van der Waals surface area contributed by atoms with Gasteiger partial charge in [-0.15, -0.1) is 11.3 Å². The Morgan fingerprint density at radius 3 is 3.00 bits per heavy atom. The van der Waals surface area contributed by atoms with Gasteiger partial charge in [-0.1, -0.05) is 18.9 Å². The predicted octanol–water partition coefficient (Wildman–Crippen LogP) is 3.24. The molecule has 5 heteroatoms. The second kappa shape index (κ2) is 5.79. The fourth-order valence-corrected chi connectivity index (χ4v) is 3.53.